The number of carbonyl (C=O) groups is 5. The fourth-order valence-electron chi connectivity index (χ4n) is 5.16. The summed E-state index contributed by atoms with van der Waals surface area (Å²) in [5.74, 6) is -4.52. The summed E-state index contributed by atoms with van der Waals surface area (Å²) >= 11 is 0. The highest BCUT2D eigenvalue weighted by Gasteiger charge is 2.20. The SMILES string of the molecule is N[C@@H](Cc1c[nH]c2ccccc12)C(=O)O.N[C@@H](Cc1c[nH]cn1)C(=O)O.N[C@@H](Cc1ccc(O)cc1)C(=O)O.N[C@@H](Cc1ccccc1)C(=O)O.O=C(O)[C@@H]1CCCN1. The van der Waals surface area contributed by atoms with Crippen LogP contribution in [0.4, 0.5) is 0 Å². The van der Waals surface area contributed by atoms with Gasteiger partial charge in [0, 0.05) is 36.1 Å². The maximum Gasteiger partial charge on any atom is 0.320 e. The van der Waals surface area contributed by atoms with Crippen molar-refractivity contribution in [3.8, 4) is 5.75 Å². The van der Waals surface area contributed by atoms with E-state index >= 15 is 0 Å². The Morgan fingerprint density at radius 2 is 1.15 bits per heavy atom. The number of aromatic amines is 2. The summed E-state index contributed by atoms with van der Waals surface area (Å²) in [6, 6.07) is 19.8. The summed E-state index contributed by atoms with van der Waals surface area (Å²) in [5, 5.41) is 55.4. The number of aliphatic carboxylic acids is 5. The van der Waals surface area contributed by atoms with Crippen LogP contribution in [0.5, 0.6) is 5.75 Å². The average Bonchev–Trinajstić information content (AvgIpc) is 4.01. The van der Waals surface area contributed by atoms with Crippen LogP contribution in [-0.2, 0) is 49.7 Å². The van der Waals surface area contributed by atoms with Gasteiger partial charge in [0.25, 0.3) is 0 Å². The normalized spacial score (nSPS) is 14.7. The number of rotatable bonds is 13. The Morgan fingerprint density at radius 3 is 1.63 bits per heavy atom. The first kappa shape index (κ1) is 48.5. The lowest BCUT2D eigenvalue weighted by atomic mass is 10.1. The van der Waals surface area contributed by atoms with Crippen molar-refractivity contribution in [3.05, 3.63) is 120 Å². The third kappa shape index (κ3) is 18.9. The first-order valence-corrected chi connectivity index (χ1v) is 18.2. The van der Waals surface area contributed by atoms with E-state index in [1.54, 1.807) is 18.3 Å². The number of nitrogens with zero attached hydrogens (tertiary/aromatic N) is 1. The zero-order chi connectivity index (χ0) is 43.9. The minimum Gasteiger partial charge on any atom is -0.508 e. The quantitative estimate of drug-likeness (QED) is 0.0796. The van der Waals surface area contributed by atoms with Crippen molar-refractivity contribution in [3.63, 3.8) is 0 Å². The molecule has 0 aliphatic carbocycles. The molecule has 3 heterocycles. The van der Waals surface area contributed by atoms with Gasteiger partial charge in [-0.3, -0.25) is 24.0 Å². The summed E-state index contributed by atoms with van der Waals surface area (Å²) in [4.78, 5) is 61.4. The van der Waals surface area contributed by atoms with Gasteiger partial charge in [-0.2, -0.15) is 0 Å². The smallest absolute Gasteiger partial charge is 0.320 e. The zero-order valence-corrected chi connectivity index (χ0v) is 32.1. The Balaban J connectivity index is 0.000000258. The van der Waals surface area contributed by atoms with Crippen LogP contribution in [0, 0.1) is 0 Å². The monoisotopic (exact) mass is 820 g/mol. The second-order valence-electron chi connectivity index (χ2n) is 13.2. The van der Waals surface area contributed by atoms with Crippen molar-refractivity contribution < 1.29 is 54.6 Å². The van der Waals surface area contributed by atoms with Crippen LogP contribution >= 0.6 is 0 Å². The van der Waals surface area contributed by atoms with Gasteiger partial charge in [0.15, 0.2) is 0 Å². The standard InChI is InChI=1S/C11H12N2O2.C9H11NO3.C9H11NO2.C6H9N3O2.C5H9NO2/c12-9(11(14)15)5-7-6-13-10-4-2-1-3-8(7)10;10-8(9(12)13)5-6-1-3-7(11)4-2-6;10-8(9(11)12)6-7-4-2-1-3-5-7;7-5(6(10)11)1-4-2-8-3-9-4;7-5(8)4-2-1-3-6-4/h1-4,6,9,13H,5,12H2,(H,14,15);1-4,8,11H,5,10H2,(H,12,13);1-5,8H,6,10H2,(H,11,12);2-3,5H,1,7H2,(H,8,9)(H,10,11);4,6H,1-3H2,(H,7,8)/t9-;2*8-;5-;4-/m00000/s1. The number of nitrogens with two attached hydrogens (primary N) is 4. The first-order valence-electron chi connectivity index (χ1n) is 18.2. The molecule has 5 atom stereocenters. The van der Waals surface area contributed by atoms with Crippen LogP contribution < -0.4 is 28.3 Å². The number of carboxylic acid groups (broad SMARTS) is 5. The van der Waals surface area contributed by atoms with Crippen LogP contribution in [0.15, 0.2) is 97.6 Å². The number of benzene rings is 3. The molecule has 0 amide bonds. The minimum absolute atomic E-state index is 0.160. The van der Waals surface area contributed by atoms with Gasteiger partial charge >= 0.3 is 29.8 Å². The van der Waals surface area contributed by atoms with Gasteiger partial charge in [0.1, 0.15) is 36.0 Å². The second-order valence-corrected chi connectivity index (χ2v) is 13.2. The molecule has 19 heteroatoms. The number of nitrogens with one attached hydrogen (secondary N) is 3. The highest BCUT2D eigenvalue weighted by molar-refractivity contribution is 5.84. The molecule has 59 heavy (non-hydrogen) atoms. The predicted octanol–water partition coefficient (Wildman–Crippen LogP) is 1.30. The van der Waals surface area contributed by atoms with E-state index in [9.17, 15) is 24.0 Å². The van der Waals surface area contributed by atoms with Gasteiger partial charge in [0.05, 0.1) is 12.0 Å². The Hall–Kier alpha value is -6.64. The van der Waals surface area contributed by atoms with Crippen molar-refractivity contribution in [2.24, 2.45) is 22.9 Å². The fourth-order valence-corrected chi connectivity index (χ4v) is 5.16. The van der Waals surface area contributed by atoms with Gasteiger partial charge < -0.3 is 68.9 Å². The summed E-state index contributed by atoms with van der Waals surface area (Å²) in [5.41, 5.74) is 25.8. The Kier molecular flexibility index (Phi) is 21.0. The van der Waals surface area contributed by atoms with Crippen LogP contribution in [0.25, 0.3) is 10.9 Å². The van der Waals surface area contributed by atoms with Crippen molar-refractivity contribution >= 4 is 40.7 Å². The molecule has 0 spiro atoms. The molecule has 2 aromatic heterocycles. The number of aromatic nitrogens is 3. The van der Waals surface area contributed by atoms with E-state index in [1.807, 2.05) is 60.8 Å². The Labute approximate surface area is 339 Å². The van der Waals surface area contributed by atoms with E-state index in [4.69, 9.17) is 53.6 Å². The number of phenolic OH excluding ortho intramolecular Hbond substituents is 1. The molecule has 0 radical (unpaired) electrons. The predicted molar refractivity (Wildman–Crippen MR) is 217 cm³/mol. The van der Waals surface area contributed by atoms with Crippen LogP contribution in [0.3, 0.4) is 0 Å². The average molecular weight is 821 g/mol. The summed E-state index contributed by atoms with van der Waals surface area (Å²) in [6.07, 6.45) is 7.98. The molecule has 0 saturated carbocycles. The second kappa shape index (κ2) is 25.6. The van der Waals surface area contributed by atoms with E-state index in [1.165, 1.54) is 18.5 Å². The summed E-state index contributed by atoms with van der Waals surface area (Å²) < 4.78 is 0. The molecule has 1 saturated heterocycles. The molecule has 1 aliphatic rings. The summed E-state index contributed by atoms with van der Waals surface area (Å²) in [6.45, 7) is 0.858. The topological polar surface area (TPSA) is 367 Å². The molecule has 1 fully saturated rings. The van der Waals surface area contributed by atoms with E-state index in [0.717, 1.165) is 47.0 Å². The number of H-pyrrole nitrogens is 2. The molecule has 3 aromatic carbocycles. The van der Waals surface area contributed by atoms with Crippen LogP contribution in [-0.4, -0.2) is 112 Å². The van der Waals surface area contributed by atoms with Gasteiger partial charge in [-0.15, -0.1) is 0 Å². The maximum absolute atomic E-state index is 10.6. The van der Waals surface area contributed by atoms with Gasteiger partial charge in [-0.1, -0.05) is 60.7 Å². The lowest BCUT2D eigenvalue weighted by molar-refractivity contribution is -0.139. The molecular formula is C40H52N8O11. The van der Waals surface area contributed by atoms with Gasteiger partial charge in [0.2, 0.25) is 0 Å². The highest BCUT2D eigenvalue weighted by Crippen LogP contribution is 2.18. The fraction of sp³-hybridized carbons (Fsp3) is 0.300. The van der Waals surface area contributed by atoms with Crippen molar-refractivity contribution in [1.29, 1.82) is 0 Å². The number of para-hydroxylation sites is 1. The lowest BCUT2D eigenvalue weighted by Crippen LogP contribution is -2.32. The van der Waals surface area contributed by atoms with Crippen LogP contribution in [0.1, 0.15) is 35.2 Å². The molecule has 0 bridgehead atoms. The van der Waals surface area contributed by atoms with Crippen molar-refractivity contribution in [2.75, 3.05) is 6.54 Å². The largest absolute Gasteiger partial charge is 0.508 e. The van der Waals surface area contributed by atoms with Gasteiger partial charge in [-0.25, -0.2) is 4.98 Å². The number of phenols is 1. The lowest BCUT2D eigenvalue weighted by Gasteiger charge is -2.05. The highest BCUT2D eigenvalue weighted by atomic mass is 16.4. The molecule has 5 aromatic rings. The molecule has 1 aliphatic heterocycles. The zero-order valence-electron chi connectivity index (χ0n) is 32.1. The number of imidazole rings is 1. The van der Waals surface area contributed by atoms with Crippen LogP contribution in [0.2, 0.25) is 0 Å². The van der Waals surface area contributed by atoms with Crippen molar-refractivity contribution in [2.45, 2.75) is 68.7 Å². The molecule has 6 rings (SSSR count). The molecule has 17 N–H and O–H groups in total. The molecular weight excluding hydrogens is 768 g/mol. The third-order valence-corrected chi connectivity index (χ3v) is 8.42. The molecule has 318 valence electrons. The summed E-state index contributed by atoms with van der Waals surface area (Å²) in [7, 11) is 0. The number of fused-ring (bicyclic) bond motifs is 1. The first-order chi connectivity index (χ1) is 28.0. The third-order valence-electron chi connectivity index (χ3n) is 8.42. The molecule has 19 nitrogen and oxygen atoms in total. The minimum atomic E-state index is -1.02. The Morgan fingerprint density at radius 1 is 0.644 bits per heavy atom. The van der Waals surface area contributed by atoms with E-state index in [0.29, 0.717) is 18.5 Å². The Bertz CT molecular complexity index is 2020. The van der Waals surface area contributed by atoms with Crippen molar-refractivity contribution in [1.82, 2.24) is 20.3 Å². The number of carboxylic acids is 5. The number of aromatic hydroxyl groups is 1. The van der Waals surface area contributed by atoms with Gasteiger partial charge in [-0.05, 0) is 67.1 Å². The van der Waals surface area contributed by atoms with E-state index in [2.05, 4.69) is 20.3 Å². The number of hydrogen-bond acceptors (Lipinski definition) is 12. The molecule has 0 unspecified atom stereocenters. The van der Waals surface area contributed by atoms with E-state index < -0.39 is 54.0 Å². The van der Waals surface area contributed by atoms with E-state index in [-0.39, 0.29) is 24.6 Å². The number of hydrogen-bond donors (Lipinski definition) is 13. The maximum atomic E-state index is 10.6.